The lowest BCUT2D eigenvalue weighted by Gasteiger charge is -2.32. The summed E-state index contributed by atoms with van der Waals surface area (Å²) in [6, 6.07) is 0.332. The highest BCUT2D eigenvalue weighted by atomic mass is 19.4. The Bertz CT molecular complexity index is 241. The predicted molar refractivity (Wildman–Crippen MR) is 67.6 cm³/mol. The zero-order valence-electron chi connectivity index (χ0n) is 11.6. The van der Waals surface area contributed by atoms with Crippen molar-refractivity contribution in [1.82, 2.24) is 10.2 Å². The largest absolute Gasteiger partial charge is 0.401 e. The van der Waals surface area contributed by atoms with Gasteiger partial charge in [-0.05, 0) is 39.2 Å². The smallest absolute Gasteiger partial charge is 0.314 e. The van der Waals surface area contributed by atoms with E-state index in [2.05, 4.69) is 5.32 Å². The number of alkyl halides is 3. The Labute approximate surface area is 108 Å². The molecule has 1 aliphatic carbocycles. The van der Waals surface area contributed by atoms with Crippen molar-refractivity contribution in [3.8, 4) is 0 Å². The van der Waals surface area contributed by atoms with E-state index in [-0.39, 0.29) is 6.04 Å². The number of halogens is 3. The Morgan fingerprint density at radius 2 is 1.94 bits per heavy atom. The van der Waals surface area contributed by atoms with Crippen molar-refractivity contribution in [1.29, 1.82) is 0 Å². The molecule has 2 nitrogen and oxygen atoms in total. The third-order valence-corrected chi connectivity index (χ3v) is 3.71. The van der Waals surface area contributed by atoms with Crippen LogP contribution < -0.4 is 5.32 Å². The van der Waals surface area contributed by atoms with Crippen molar-refractivity contribution in [3.05, 3.63) is 0 Å². The lowest BCUT2D eigenvalue weighted by atomic mass is 10.0. The fourth-order valence-electron chi connectivity index (χ4n) is 2.78. The molecule has 0 heterocycles. The summed E-state index contributed by atoms with van der Waals surface area (Å²) in [5.74, 6) is 0.356. The molecule has 1 saturated carbocycles. The first-order valence-electron chi connectivity index (χ1n) is 6.87. The zero-order valence-corrected chi connectivity index (χ0v) is 11.6. The lowest BCUT2D eigenvalue weighted by Crippen LogP contribution is -2.45. The molecule has 0 radical (unpaired) electrons. The maximum absolute atomic E-state index is 12.5. The van der Waals surface area contributed by atoms with Crippen molar-refractivity contribution >= 4 is 0 Å². The minimum Gasteiger partial charge on any atom is -0.314 e. The van der Waals surface area contributed by atoms with Gasteiger partial charge in [-0.15, -0.1) is 0 Å². The molecule has 0 spiro atoms. The fraction of sp³-hybridized carbons (Fsp3) is 1.00. The molecule has 18 heavy (non-hydrogen) atoms. The van der Waals surface area contributed by atoms with Crippen LogP contribution in [-0.2, 0) is 0 Å². The van der Waals surface area contributed by atoms with Crippen LogP contribution in [0.3, 0.4) is 0 Å². The van der Waals surface area contributed by atoms with Crippen molar-refractivity contribution in [3.63, 3.8) is 0 Å². The van der Waals surface area contributed by atoms with Crippen LogP contribution in [0.5, 0.6) is 0 Å². The Morgan fingerprint density at radius 3 is 2.44 bits per heavy atom. The number of hydrogen-bond donors (Lipinski definition) is 1. The summed E-state index contributed by atoms with van der Waals surface area (Å²) in [7, 11) is 0. The quantitative estimate of drug-likeness (QED) is 0.795. The molecular weight excluding hydrogens is 241 g/mol. The molecule has 0 aromatic rings. The predicted octanol–water partition coefficient (Wildman–Crippen LogP) is 3.04. The van der Waals surface area contributed by atoms with E-state index < -0.39 is 12.7 Å². The highest BCUT2D eigenvalue weighted by Crippen LogP contribution is 2.28. The average molecular weight is 266 g/mol. The molecule has 2 unspecified atom stereocenters. The van der Waals surface area contributed by atoms with Crippen LogP contribution in [0, 0.1) is 5.92 Å². The number of nitrogens with one attached hydrogen (secondary N) is 1. The fourth-order valence-corrected chi connectivity index (χ4v) is 2.78. The van der Waals surface area contributed by atoms with Gasteiger partial charge in [0.15, 0.2) is 0 Å². The second kappa shape index (κ2) is 6.75. The minimum atomic E-state index is -4.10. The van der Waals surface area contributed by atoms with Crippen LogP contribution >= 0.6 is 0 Å². The monoisotopic (exact) mass is 266 g/mol. The summed E-state index contributed by atoms with van der Waals surface area (Å²) < 4.78 is 37.6. The molecule has 108 valence electrons. The van der Waals surface area contributed by atoms with Crippen LogP contribution in [-0.4, -0.2) is 42.8 Å². The molecule has 1 rings (SSSR count). The molecule has 1 N–H and O–H groups in total. The van der Waals surface area contributed by atoms with E-state index in [9.17, 15) is 13.2 Å². The van der Waals surface area contributed by atoms with Crippen molar-refractivity contribution in [2.75, 3.05) is 19.6 Å². The maximum Gasteiger partial charge on any atom is 0.401 e. The number of nitrogens with zero attached hydrogens (tertiary/aromatic N) is 1. The van der Waals surface area contributed by atoms with E-state index >= 15 is 0 Å². The molecule has 0 bridgehead atoms. The molecule has 0 aliphatic heterocycles. The van der Waals surface area contributed by atoms with Crippen LogP contribution in [0.15, 0.2) is 0 Å². The third kappa shape index (κ3) is 5.14. The first-order chi connectivity index (χ1) is 8.33. The summed E-state index contributed by atoms with van der Waals surface area (Å²) in [6.45, 7) is 6.37. The van der Waals surface area contributed by atoms with E-state index in [4.69, 9.17) is 0 Å². The molecule has 2 atom stereocenters. The normalized spacial score (nSPS) is 25.3. The Kier molecular flexibility index (Phi) is 5.92. The third-order valence-electron chi connectivity index (χ3n) is 3.71. The molecule has 5 heteroatoms. The SMILES string of the molecule is CCNC1CCCC1CN(CC(F)(F)F)C(C)C. The van der Waals surface area contributed by atoms with E-state index in [0.29, 0.717) is 18.5 Å². The molecule has 1 aliphatic rings. The lowest BCUT2D eigenvalue weighted by molar-refractivity contribution is -0.151. The Balaban J connectivity index is 2.54. The van der Waals surface area contributed by atoms with Gasteiger partial charge in [-0.1, -0.05) is 13.3 Å². The molecule has 0 aromatic heterocycles. The van der Waals surface area contributed by atoms with Gasteiger partial charge in [0, 0.05) is 18.6 Å². The van der Waals surface area contributed by atoms with Gasteiger partial charge < -0.3 is 5.32 Å². The standard InChI is InChI=1S/C13H25F3N2/c1-4-17-12-7-5-6-11(12)8-18(10(2)3)9-13(14,15)16/h10-12,17H,4-9H2,1-3H3. The molecule has 0 aromatic carbocycles. The average Bonchev–Trinajstić information content (AvgIpc) is 2.63. The van der Waals surface area contributed by atoms with E-state index in [1.54, 1.807) is 4.90 Å². The second-order valence-corrected chi connectivity index (χ2v) is 5.49. The maximum atomic E-state index is 12.5. The Hall–Kier alpha value is -0.290. The second-order valence-electron chi connectivity index (χ2n) is 5.49. The molecular formula is C13H25F3N2. The van der Waals surface area contributed by atoms with Gasteiger partial charge in [-0.3, -0.25) is 4.90 Å². The van der Waals surface area contributed by atoms with E-state index in [0.717, 1.165) is 25.8 Å². The van der Waals surface area contributed by atoms with E-state index in [1.807, 2.05) is 20.8 Å². The highest BCUT2D eigenvalue weighted by molar-refractivity contribution is 4.86. The van der Waals surface area contributed by atoms with Gasteiger partial charge in [0.25, 0.3) is 0 Å². The minimum absolute atomic E-state index is 0.0606. The highest BCUT2D eigenvalue weighted by Gasteiger charge is 2.35. The topological polar surface area (TPSA) is 15.3 Å². The number of hydrogen-bond acceptors (Lipinski definition) is 2. The first kappa shape index (κ1) is 15.8. The summed E-state index contributed by atoms with van der Waals surface area (Å²) in [5, 5.41) is 3.39. The summed E-state index contributed by atoms with van der Waals surface area (Å²) in [5.41, 5.74) is 0. The summed E-state index contributed by atoms with van der Waals surface area (Å²) >= 11 is 0. The number of rotatable bonds is 6. The van der Waals surface area contributed by atoms with Gasteiger partial charge in [0.2, 0.25) is 0 Å². The van der Waals surface area contributed by atoms with Gasteiger partial charge in [-0.2, -0.15) is 13.2 Å². The van der Waals surface area contributed by atoms with Crippen LogP contribution in [0.25, 0.3) is 0 Å². The summed E-state index contributed by atoms with van der Waals surface area (Å²) in [4.78, 5) is 1.56. The molecule has 0 saturated heterocycles. The molecule has 1 fully saturated rings. The first-order valence-corrected chi connectivity index (χ1v) is 6.87. The van der Waals surface area contributed by atoms with Gasteiger partial charge in [-0.25, -0.2) is 0 Å². The van der Waals surface area contributed by atoms with Gasteiger partial charge in [0.05, 0.1) is 6.54 Å². The van der Waals surface area contributed by atoms with Crippen molar-refractivity contribution < 1.29 is 13.2 Å². The van der Waals surface area contributed by atoms with Crippen LogP contribution in [0.1, 0.15) is 40.0 Å². The van der Waals surface area contributed by atoms with E-state index in [1.165, 1.54) is 0 Å². The van der Waals surface area contributed by atoms with Crippen LogP contribution in [0.2, 0.25) is 0 Å². The molecule has 0 amide bonds. The van der Waals surface area contributed by atoms with Crippen molar-refractivity contribution in [2.24, 2.45) is 5.92 Å². The van der Waals surface area contributed by atoms with Crippen LogP contribution in [0.4, 0.5) is 13.2 Å². The van der Waals surface area contributed by atoms with Gasteiger partial charge >= 0.3 is 6.18 Å². The van der Waals surface area contributed by atoms with Gasteiger partial charge in [0.1, 0.15) is 0 Å². The zero-order chi connectivity index (χ0) is 13.8. The Morgan fingerprint density at radius 1 is 1.28 bits per heavy atom. The van der Waals surface area contributed by atoms with Crippen molar-refractivity contribution in [2.45, 2.75) is 58.3 Å². The summed E-state index contributed by atoms with van der Waals surface area (Å²) in [6.07, 6.45) is -0.841.